The van der Waals surface area contributed by atoms with Crippen LogP contribution in [0.25, 0.3) is 0 Å². The Morgan fingerprint density at radius 1 is 1.75 bits per heavy atom. The molecule has 0 aromatic carbocycles. The van der Waals surface area contributed by atoms with E-state index in [-0.39, 0.29) is 15.9 Å². The topological polar surface area (TPSA) is 82.7 Å². The number of nitrogens with zero attached hydrogens (tertiary/aromatic N) is 2. The van der Waals surface area contributed by atoms with Crippen LogP contribution >= 0.6 is 12.2 Å². The van der Waals surface area contributed by atoms with Crippen LogP contribution in [-0.4, -0.2) is 9.91 Å². The first-order valence-corrected chi connectivity index (χ1v) is 3.33. The standard InChI is InChI=1S/C6H3N3O2S/c7-2-4-3-8-6(12)1-5(4)9(10)11/h1,3H,(H,8,12). The molecule has 1 aromatic heterocycles. The lowest BCUT2D eigenvalue weighted by Crippen LogP contribution is -1.92. The monoisotopic (exact) mass is 181 g/mol. The van der Waals surface area contributed by atoms with Crippen molar-refractivity contribution in [1.82, 2.24) is 4.98 Å². The minimum absolute atomic E-state index is 0.0198. The molecule has 0 spiro atoms. The van der Waals surface area contributed by atoms with Crippen LogP contribution in [0.3, 0.4) is 0 Å². The Hall–Kier alpha value is -1.74. The number of nitriles is 1. The first kappa shape index (κ1) is 8.36. The van der Waals surface area contributed by atoms with Gasteiger partial charge in [-0.1, -0.05) is 12.2 Å². The molecule has 12 heavy (non-hydrogen) atoms. The van der Waals surface area contributed by atoms with Gasteiger partial charge < -0.3 is 4.98 Å². The molecule has 6 heteroatoms. The zero-order valence-electron chi connectivity index (χ0n) is 5.77. The van der Waals surface area contributed by atoms with Crippen LogP contribution < -0.4 is 0 Å². The van der Waals surface area contributed by atoms with Crippen LogP contribution in [0, 0.1) is 26.1 Å². The van der Waals surface area contributed by atoms with E-state index in [0.717, 1.165) is 6.07 Å². The van der Waals surface area contributed by atoms with Crippen molar-refractivity contribution in [2.24, 2.45) is 0 Å². The molecule has 0 atom stereocenters. The fourth-order valence-electron chi connectivity index (χ4n) is 0.701. The highest BCUT2D eigenvalue weighted by Crippen LogP contribution is 2.15. The van der Waals surface area contributed by atoms with Crippen LogP contribution in [0.5, 0.6) is 0 Å². The van der Waals surface area contributed by atoms with Crippen molar-refractivity contribution >= 4 is 17.9 Å². The number of aromatic nitrogens is 1. The summed E-state index contributed by atoms with van der Waals surface area (Å²) < 4.78 is 0.237. The van der Waals surface area contributed by atoms with Gasteiger partial charge in [0.25, 0.3) is 5.69 Å². The first-order valence-electron chi connectivity index (χ1n) is 2.92. The van der Waals surface area contributed by atoms with Crippen molar-refractivity contribution in [3.63, 3.8) is 0 Å². The lowest BCUT2D eigenvalue weighted by molar-refractivity contribution is -0.385. The molecule has 0 aliphatic heterocycles. The number of hydrogen-bond acceptors (Lipinski definition) is 4. The maximum Gasteiger partial charge on any atom is 0.291 e. The molecule has 0 saturated carbocycles. The quantitative estimate of drug-likeness (QED) is 0.404. The Labute approximate surface area is 72.4 Å². The van der Waals surface area contributed by atoms with Gasteiger partial charge in [-0.2, -0.15) is 5.26 Å². The second-order valence-electron chi connectivity index (χ2n) is 1.97. The number of H-pyrrole nitrogens is 1. The second-order valence-corrected chi connectivity index (χ2v) is 2.40. The van der Waals surface area contributed by atoms with Crippen LogP contribution in [0.1, 0.15) is 5.56 Å². The maximum absolute atomic E-state index is 10.3. The van der Waals surface area contributed by atoms with Crippen LogP contribution in [-0.2, 0) is 0 Å². The Bertz CT molecular complexity index is 418. The largest absolute Gasteiger partial charge is 0.351 e. The minimum atomic E-state index is -0.637. The maximum atomic E-state index is 10.3. The highest BCUT2D eigenvalue weighted by Gasteiger charge is 2.12. The highest BCUT2D eigenvalue weighted by atomic mass is 32.1. The van der Waals surface area contributed by atoms with E-state index in [1.54, 1.807) is 6.07 Å². The summed E-state index contributed by atoms with van der Waals surface area (Å²) in [6, 6.07) is 2.83. The van der Waals surface area contributed by atoms with Crippen LogP contribution in [0.15, 0.2) is 12.3 Å². The minimum Gasteiger partial charge on any atom is -0.351 e. The lowest BCUT2D eigenvalue weighted by atomic mass is 10.3. The molecule has 0 aliphatic rings. The third-order valence-corrected chi connectivity index (χ3v) is 1.46. The van der Waals surface area contributed by atoms with Crippen molar-refractivity contribution in [3.05, 3.63) is 32.6 Å². The van der Waals surface area contributed by atoms with Crippen molar-refractivity contribution < 1.29 is 4.92 Å². The third kappa shape index (κ3) is 1.46. The Morgan fingerprint density at radius 2 is 2.42 bits per heavy atom. The van der Waals surface area contributed by atoms with Gasteiger partial charge in [0, 0.05) is 6.20 Å². The number of pyridine rings is 1. The van der Waals surface area contributed by atoms with Gasteiger partial charge in [-0.25, -0.2) is 0 Å². The van der Waals surface area contributed by atoms with Crippen molar-refractivity contribution in [3.8, 4) is 6.07 Å². The van der Waals surface area contributed by atoms with Crippen molar-refractivity contribution in [2.75, 3.05) is 0 Å². The van der Waals surface area contributed by atoms with E-state index in [9.17, 15) is 10.1 Å². The molecule has 0 fully saturated rings. The summed E-state index contributed by atoms with van der Waals surface area (Å²) in [6.07, 6.45) is 1.22. The van der Waals surface area contributed by atoms with Crippen molar-refractivity contribution in [2.45, 2.75) is 0 Å². The summed E-state index contributed by atoms with van der Waals surface area (Å²) in [6.45, 7) is 0. The van der Waals surface area contributed by atoms with E-state index in [2.05, 4.69) is 17.2 Å². The molecule has 0 aliphatic carbocycles. The van der Waals surface area contributed by atoms with Crippen LogP contribution in [0.2, 0.25) is 0 Å². The molecule has 0 amide bonds. The molecule has 5 nitrogen and oxygen atoms in total. The van der Waals surface area contributed by atoms with Gasteiger partial charge in [-0.3, -0.25) is 10.1 Å². The second kappa shape index (κ2) is 3.11. The summed E-state index contributed by atoms with van der Waals surface area (Å²) in [4.78, 5) is 12.2. The molecule has 0 radical (unpaired) electrons. The smallest absolute Gasteiger partial charge is 0.291 e. The molecule has 60 valence electrons. The number of nitrogens with one attached hydrogen (secondary N) is 1. The molecule has 1 rings (SSSR count). The zero-order valence-corrected chi connectivity index (χ0v) is 6.59. The van der Waals surface area contributed by atoms with E-state index in [1.807, 2.05) is 0 Å². The molecule has 0 unspecified atom stereocenters. The lowest BCUT2D eigenvalue weighted by Gasteiger charge is -1.91. The number of aromatic amines is 1. The summed E-state index contributed by atoms with van der Waals surface area (Å²) in [5, 5.41) is 18.8. The predicted octanol–water partition coefficient (Wildman–Crippen LogP) is 1.52. The fraction of sp³-hybridized carbons (Fsp3) is 0. The normalized spacial score (nSPS) is 8.92. The Balaban J connectivity index is 3.44. The van der Waals surface area contributed by atoms with E-state index in [4.69, 9.17) is 5.26 Å². The average Bonchev–Trinajstić information content (AvgIpc) is 2.04. The van der Waals surface area contributed by atoms with E-state index < -0.39 is 4.92 Å². The highest BCUT2D eigenvalue weighted by molar-refractivity contribution is 7.71. The van der Waals surface area contributed by atoms with Gasteiger partial charge >= 0.3 is 0 Å². The fourth-order valence-corrected chi connectivity index (χ4v) is 0.872. The Kier molecular flexibility index (Phi) is 2.16. The zero-order chi connectivity index (χ0) is 9.14. The van der Waals surface area contributed by atoms with Gasteiger partial charge in [0.05, 0.1) is 11.0 Å². The summed E-state index contributed by atoms with van der Waals surface area (Å²) in [5.74, 6) is 0. The summed E-state index contributed by atoms with van der Waals surface area (Å²) >= 11 is 4.66. The first-order chi connectivity index (χ1) is 5.65. The summed E-state index contributed by atoms with van der Waals surface area (Å²) in [7, 11) is 0. The van der Waals surface area contributed by atoms with Gasteiger partial charge in [0.15, 0.2) is 0 Å². The van der Waals surface area contributed by atoms with E-state index in [0.29, 0.717) is 0 Å². The SMILES string of the molecule is N#Cc1c[nH]c(=S)cc1[N+](=O)[O-]. The number of rotatable bonds is 1. The molecule has 1 heterocycles. The third-order valence-electron chi connectivity index (χ3n) is 1.22. The Morgan fingerprint density at radius 3 is 2.92 bits per heavy atom. The number of hydrogen-bond donors (Lipinski definition) is 1. The average molecular weight is 181 g/mol. The molecule has 0 saturated heterocycles. The van der Waals surface area contributed by atoms with Gasteiger partial charge in [-0.05, 0) is 0 Å². The summed E-state index contributed by atoms with van der Waals surface area (Å²) in [5.41, 5.74) is -0.283. The van der Waals surface area contributed by atoms with E-state index >= 15 is 0 Å². The molecule has 1 aromatic rings. The van der Waals surface area contributed by atoms with Crippen LogP contribution in [0.4, 0.5) is 5.69 Å². The number of nitro groups is 1. The predicted molar refractivity (Wildman–Crippen MR) is 43.0 cm³/mol. The van der Waals surface area contributed by atoms with E-state index in [1.165, 1.54) is 6.20 Å². The van der Waals surface area contributed by atoms with Gasteiger partial charge in [-0.15, -0.1) is 0 Å². The molecule has 1 N–H and O–H groups in total. The molecule has 0 bridgehead atoms. The van der Waals surface area contributed by atoms with Gasteiger partial charge in [0.1, 0.15) is 16.3 Å². The molecular weight excluding hydrogens is 178 g/mol. The van der Waals surface area contributed by atoms with Gasteiger partial charge in [0.2, 0.25) is 0 Å². The molecular formula is C6H3N3O2S. The van der Waals surface area contributed by atoms with Crippen molar-refractivity contribution in [1.29, 1.82) is 5.26 Å².